The molecule has 2 unspecified atom stereocenters. The van der Waals surface area contributed by atoms with Gasteiger partial charge < -0.3 is 10.6 Å². The number of hydrogen-bond acceptors (Lipinski definition) is 4. The lowest BCUT2D eigenvalue weighted by Crippen LogP contribution is -2.35. The van der Waals surface area contributed by atoms with Crippen LogP contribution < -0.4 is 10.6 Å². The molecule has 118 valence electrons. The molecular weight excluding hydrogens is 267 g/mol. The molecular formula is C16H27FN4. The molecule has 2 rings (SSSR count). The molecule has 2 atom stereocenters. The maximum Gasteiger partial charge on any atom is 0.224 e. The van der Waals surface area contributed by atoms with Gasteiger partial charge in [-0.3, -0.25) is 0 Å². The van der Waals surface area contributed by atoms with E-state index in [2.05, 4.69) is 41.4 Å². The van der Waals surface area contributed by atoms with Gasteiger partial charge in [0.15, 0.2) is 11.6 Å². The molecule has 0 aliphatic heterocycles. The van der Waals surface area contributed by atoms with E-state index in [-0.39, 0.29) is 5.82 Å². The smallest absolute Gasteiger partial charge is 0.224 e. The summed E-state index contributed by atoms with van der Waals surface area (Å²) in [4.78, 5) is 8.28. The van der Waals surface area contributed by atoms with Crippen molar-refractivity contribution in [3.63, 3.8) is 0 Å². The minimum Gasteiger partial charge on any atom is -0.364 e. The third-order valence-electron chi connectivity index (χ3n) is 4.28. The zero-order valence-electron chi connectivity index (χ0n) is 13.3. The van der Waals surface area contributed by atoms with Crippen LogP contribution in [0.25, 0.3) is 0 Å². The molecule has 1 saturated carbocycles. The molecule has 0 saturated heterocycles. The second-order valence-corrected chi connectivity index (χ2v) is 6.26. The Labute approximate surface area is 127 Å². The molecule has 21 heavy (non-hydrogen) atoms. The van der Waals surface area contributed by atoms with Gasteiger partial charge in [-0.1, -0.05) is 33.6 Å². The van der Waals surface area contributed by atoms with Crippen molar-refractivity contribution >= 4 is 11.8 Å². The number of halogens is 1. The molecule has 1 aromatic heterocycles. The molecule has 4 nitrogen and oxygen atoms in total. The second-order valence-electron chi connectivity index (χ2n) is 6.26. The van der Waals surface area contributed by atoms with Crippen LogP contribution in [0.3, 0.4) is 0 Å². The summed E-state index contributed by atoms with van der Waals surface area (Å²) < 4.78 is 14.0. The van der Waals surface area contributed by atoms with Crippen LogP contribution in [0.2, 0.25) is 0 Å². The van der Waals surface area contributed by atoms with Gasteiger partial charge in [0.2, 0.25) is 5.95 Å². The van der Waals surface area contributed by atoms with Crippen LogP contribution in [-0.4, -0.2) is 22.6 Å². The van der Waals surface area contributed by atoms with Crippen molar-refractivity contribution in [3.05, 3.63) is 12.0 Å². The van der Waals surface area contributed by atoms with Gasteiger partial charge in [0, 0.05) is 12.6 Å². The summed E-state index contributed by atoms with van der Waals surface area (Å²) in [6.07, 6.45) is 7.01. The van der Waals surface area contributed by atoms with Crippen molar-refractivity contribution in [2.45, 2.75) is 58.9 Å². The Morgan fingerprint density at radius 2 is 2.10 bits per heavy atom. The zero-order valence-corrected chi connectivity index (χ0v) is 13.3. The van der Waals surface area contributed by atoms with Gasteiger partial charge in [-0.15, -0.1) is 0 Å². The average molecular weight is 294 g/mol. The molecule has 0 radical (unpaired) electrons. The standard InChI is InChI=1S/C16H27FN4/c1-4-9-18-16-19-10-13(17)15(21-16)20-14-8-6-5-7-12(14)11(2)3/h10-12,14H,4-9H2,1-3H3,(H2,18,19,20,21). The zero-order chi connectivity index (χ0) is 15.2. The van der Waals surface area contributed by atoms with Crippen LogP contribution in [-0.2, 0) is 0 Å². The molecule has 5 heteroatoms. The van der Waals surface area contributed by atoms with Gasteiger partial charge >= 0.3 is 0 Å². The first kappa shape index (κ1) is 16.0. The fourth-order valence-electron chi connectivity index (χ4n) is 3.10. The van der Waals surface area contributed by atoms with Crippen molar-refractivity contribution in [2.75, 3.05) is 17.2 Å². The molecule has 2 N–H and O–H groups in total. The normalized spacial score (nSPS) is 22.3. The highest BCUT2D eigenvalue weighted by Gasteiger charge is 2.28. The Hall–Kier alpha value is -1.39. The molecule has 1 aliphatic rings. The predicted octanol–water partition coefficient (Wildman–Crippen LogP) is 4.06. The summed E-state index contributed by atoms with van der Waals surface area (Å²) in [5.41, 5.74) is 0. The second kappa shape index (κ2) is 7.57. The average Bonchev–Trinajstić information content (AvgIpc) is 2.48. The lowest BCUT2D eigenvalue weighted by molar-refractivity contribution is 0.253. The first-order valence-corrected chi connectivity index (χ1v) is 8.14. The largest absolute Gasteiger partial charge is 0.364 e. The first-order valence-electron chi connectivity index (χ1n) is 8.14. The van der Waals surface area contributed by atoms with Crippen molar-refractivity contribution in [3.8, 4) is 0 Å². The molecule has 0 amide bonds. The lowest BCUT2D eigenvalue weighted by atomic mass is 9.78. The summed E-state index contributed by atoms with van der Waals surface area (Å²) in [6, 6.07) is 0.308. The van der Waals surface area contributed by atoms with Gasteiger partial charge in [-0.25, -0.2) is 9.37 Å². The van der Waals surface area contributed by atoms with Gasteiger partial charge in [-0.2, -0.15) is 4.98 Å². The first-order chi connectivity index (χ1) is 10.1. The van der Waals surface area contributed by atoms with E-state index in [0.29, 0.717) is 29.6 Å². The van der Waals surface area contributed by atoms with Gasteiger partial charge in [0.1, 0.15) is 0 Å². The summed E-state index contributed by atoms with van der Waals surface area (Å²) in [6.45, 7) is 7.36. The quantitative estimate of drug-likeness (QED) is 0.830. The van der Waals surface area contributed by atoms with E-state index in [1.165, 1.54) is 25.5 Å². The fourth-order valence-corrected chi connectivity index (χ4v) is 3.10. The van der Waals surface area contributed by atoms with E-state index in [1.807, 2.05) is 0 Å². The van der Waals surface area contributed by atoms with E-state index < -0.39 is 0 Å². The van der Waals surface area contributed by atoms with Crippen molar-refractivity contribution < 1.29 is 4.39 Å². The maximum absolute atomic E-state index is 14.0. The van der Waals surface area contributed by atoms with Crippen LogP contribution in [0, 0.1) is 17.7 Å². The Kier molecular flexibility index (Phi) is 5.76. The van der Waals surface area contributed by atoms with Crippen LogP contribution in [0.4, 0.5) is 16.2 Å². The summed E-state index contributed by atoms with van der Waals surface area (Å²) in [5, 5.41) is 6.44. The molecule has 1 fully saturated rings. The molecule has 0 spiro atoms. The van der Waals surface area contributed by atoms with Gasteiger partial charge in [-0.05, 0) is 31.1 Å². The highest BCUT2D eigenvalue weighted by atomic mass is 19.1. The van der Waals surface area contributed by atoms with Crippen LogP contribution in [0.15, 0.2) is 6.20 Å². The number of nitrogens with one attached hydrogen (secondary N) is 2. The third kappa shape index (κ3) is 4.29. The van der Waals surface area contributed by atoms with Crippen molar-refractivity contribution in [2.24, 2.45) is 11.8 Å². The number of aromatic nitrogens is 2. The highest BCUT2D eigenvalue weighted by Crippen LogP contribution is 2.32. The van der Waals surface area contributed by atoms with E-state index in [1.54, 1.807) is 0 Å². The Balaban J connectivity index is 2.09. The minimum atomic E-state index is -0.370. The van der Waals surface area contributed by atoms with Crippen LogP contribution >= 0.6 is 0 Å². The maximum atomic E-state index is 14.0. The molecule has 1 aromatic rings. The van der Waals surface area contributed by atoms with Gasteiger partial charge in [0.25, 0.3) is 0 Å². The molecule has 1 aliphatic carbocycles. The summed E-state index contributed by atoms with van der Waals surface area (Å²) >= 11 is 0. The Bertz CT molecular complexity index is 450. The van der Waals surface area contributed by atoms with E-state index in [4.69, 9.17) is 0 Å². The number of rotatable bonds is 6. The number of anilines is 2. The Morgan fingerprint density at radius 1 is 1.33 bits per heavy atom. The van der Waals surface area contributed by atoms with Crippen LogP contribution in [0.5, 0.6) is 0 Å². The number of nitrogens with zero attached hydrogens (tertiary/aromatic N) is 2. The van der Waals surface area contributed by atoms with Crippen molar-refractivity contribution in [1.82, 2.24) is 9.97 Å². The fraction of sp³-hybridized carbons (Fsp3) is 0.750. The number of hydrogen-bond donors (Lipinski definition) is 2. The molecule has 0 bridgehead atoms. The van der Waals surface area contributed by atoms with Gasteiger partial charge in [0.05, 0.1) is 6.20 Å². The van der Waals surface area contributed by atoms with E-state index >= 15 is 0 Å². The summed E-state index contributed by atoms with van der Waals surface area (Å²) in [7, 11) is 0. The SMILES string of the molecule is CCCNc1ncc(F)c(NC2CCCCC2C(C)C)n1. The van der Waals surface area contributed by atoms with Crippen LogP contribution in [0.1, 0.15) is 52.9 Å². The van der Waals surface area contributed by atoms with E-state index in [0.717, 1.165) is 19.4 Å². The lowest BCUT2D eigenvalue weighted by Gasteiger charge is -2.35. The molecule has 1 heterocycles. The highest BCUT2D eigenvalue weighted by molar-refractivity contribution is 5.42. The van der Waals surface area contributed by atoms with E-state index in [9.17, 15) is 4.39 Å². The molecule has 0 aromatic carbocycles. The monoisotopic (exact) mass is 294 g/mol. The van der Waals surface area contributed by atoms with Crippen molar-refractivity contribution in [1.29, 1.82) is 0 Å². The third-order valence-corrected chi connectivity index (χ3v) is 4.28. The topological polar surface area (TPSA) is 49.8 Å². The Morgan fingerprint density at radius 3 is 2.81 bits per heavy atom. The minimum absolute atomic E-state index is 0.308. The summed E-state index contributed by atoms with van der Waals surface area (Å²) in [5.74, 6) is 1.65. The predicted molar refractivity (Wildman–Crippen MR) is 85.0 cm³/mol.